The van der Waals surface area contributed by atoms with E-state index in [2.05, 4.69) is 36.1 Å². The Hall–Kier alpha value is -2.33. The molecule has 24 heavy (non-hydrogen) atoms. The van der Waals surface area contributed by atoms with E-state index in [-0.39, 0.29) is 5.75 Å². The number of benzene rings is 2. The molecule has 1 atom stereocenters. The summed E-state index contributed by atoms with van der Waals surface area (Å²) in [4.78, 5) is 2.47. The van der Waals surface area contributed by atoms with Crippen LogP contribution in [0.2, 0.25) is 0 Å². The molecular formula is C20H24N2O2. The molecule has 1 heterocycles. The number of hydrogen-bond acceptors (Lipinski definition) is 4. The molecule has 0 spiro atoms. The number of phenols is 1. The molecule has 0 aromatic heterocycles. The Morgan fingerprint density at radius 2 is 2.08 bits per heavy atom. The Bertz CT molecular complexity index is 700. The van der Waals surface area contributed by atoms with Crippen molar-refractivity contribution in [2.45, 2.75) is 32.4 Å². The zero-order valence-corrected chi connectivity index (χ0v) is 14.0. The number of aromatic hydroxyl groups is 1. The van der Waals surface area contributed by atoms with Gasteiger partial charge < -0.3 is 15.3 Å². The third kappa shape index (κ3) is 3.60. The minimum absolute atomic E-state index is 0.108. The summed E-state index contributed by atoms with van der Waals surface area (Å²) in [5.74, 6) is 0.849. The molecule has 0 amide bonds. The molecule has 2 aromatic carbocycles. The van der Waals surface area contributed by atoms with Crippen molar-refractivity contribution in [3.05, 3.63) is 59.2 Å². The zero-order valence-electron chi connectivity index (χ0n) is 14.0. The summed E-state index contributed by atoms with van der Waals surface area (Å²) in [6, 6.07) is 14.3. The number of hydrogen-bond donors (Lipinski definition) is 2. The van der Waals surface area contributed by atoms with Gasteiger partial charge in [0.15, 0.2) is 0 Å². The average Bonchev–Trinajstić information content (AvgIpc) is 2.61. The van der Waals surface area contributed by atoms with Crippen LogP contribution < -0.4 is 4.74 Å². The largest absolute Gasteiger partial charge is 0.507 e. The van der Waals surface area contributed by atoms with Crippen LogP contribution in [0.25, 0.3) is 0 Å². The van der Waals surface area contributed by atoms with Gasteiger partial charge in [-0.3, -0.25) is 4.90 Å². The molecule has 1 aliphatic heterocycles. The molecule has 4 nitrogen and oxygen atoms in total. The second-order valence-corrected chi connectivity index (χ2v) is 6.29. The van der Waals surface area contributed by atoms with Crippen molar-refractivity contribution < 1.29 is 9.84 Å². The summed E-state index contributed by atoms with van der Waals surface area (Å²) < 4.78 is 5.90. The number of nitrogens with one attached hydrogen (secondary N) is 1. The lowest BCUT2D eigenvalue weighted by atomic mass is 9.98. The van der Waals surface area contributed by atoms with Crippen LogP contribution in [0.15, 0.2) is 42.5 Å². The van der Waals surface area contributed by atoms with Gasteiger partial charge in [0, 0.05) is 30.4 Å². The summed E-state index contributed by atoms with van der Waals surface area (Å²) in [6.07, 6.45) is 3.16. The van der Waals surface area contributed by atoms with Gasteiger partial charge in [0.2, 0.25) is 0 Å². The molecule has 0 fully saturated rings. The van der Waals surface area contributed by atoms with Crippen LogP contribution in [-0.4, -0.2) is 35.4 Å². The maximum absolute atomic E-state index is 9.88. The lowest BCUT2D eigenvalue weighted by Gasteiger charge is -2.35. The molecule has 0 saturated heterocycles. The van der Waals surface area contributed by atoms with Crippen LogP contribution in [0.1, 0.15) is 30.0 Å². The van der Waals surface area contributed by atoms with Gasteiger partial charge in [-0.05, 0) is 36.6 Å². The number of nitrogens with zero attached hydrogens (tertiary/aromatic N) is 1. The lowest BCUT2D eigenvalue weighted by molar-refractivity contribution is 0.112. The quantitative estimate of drug-likeness (QED) is 0.798. The monoisotopic (exact) mass is 324 g/mol. The molecule has 126 valence electrons. The van der Waals surface area contributed by atoms with Gasteiger partial charge >= 0.3 is 0 Å². The smallest absolute Gasteiger partial charge is 0.128 e. The first-order valence-corrected chi connectivity index (χ1v) is 8.48. The van der Waals surface area contributed by atoms with Crippen LogP contribution in [0.5, 0.6) is 11.5 Å². The topological polar surface area (TPSA) is 56.6 Å². The van der Waals surface area contributed by atoms with E-state index >= 15 is 0 Å². The highest BCUT2D eigenvalue weighted by Gasteiger charge is 2.26. The fourth-order valence-corrected chi connectivity index (χ4v) is 3.27. The van der Waals surface area contributed by atoms with E-state index in [0.29, 0.717) is 18.2 Å². The standard InChI is InChI=1S/C20H24N2O2/c1-2-8-22(13-15-6-4-3-5-7-15)18-10-16-9-17(12-21)19(23)11-20(16)24-14-18/h3-7,9,11-12,18,21,23H,2,8,10,13-14H2,1H3/t18-/m0/s1. The molecule has 0 bridgehead atoms. The van der Waals surface area contributed by atoms with Crippen LogP contribution in [0.4, 0.5) is 0 Å². The molecule has 0 unspecified atom stereocenters. The van der Waals surface area contributed by atoms with Crippen molar-refractivity contribution in [2.75, 3.05) is 13.2 Å². The molecule has 3 rings (SSSR count). The van der Waals surface area contributed by atoms with Crippen molar-refractivity contribution in [3.63, 3.8) is 0 Å². The Balaban J connectivity index is 1.79. The van der Waals surface area contributed by atoms with Gasteiger partial charge in [-0.1, -0.05) is 37.3 Å². The second-order valence-electron chi connectivity index (χ2n) is 6.29. The predicted molar refractivity (Wildman–Crippen MR) is 96.1 cm³/mol. The molecule has 4 heteroatoms. The van der Waals surface area contributed by atoms with Gasteiger partial charge in [-0.15, -0.1) is 0 Å². The highest BCUT2D eigenvalue weighted by molar-refractivity contribution is 5.82. The molecule has 0 saturated carbocycles. The summed E-state index contributed by atoms with van der Waals surface area (Å²) in [5, 5.41) is 17.3. The summed E-state index contributed by atoms with van der Waals surface area (Å²) in [5.41, 5.74) is 2.92. The highest BCUT2D eigenvalue weighted by Crippen LogP contribution is 2.32. The Labute approximate surface area is 143 Å². The highest BCUT2D eigenvalue weighted by atomic mass is 16.5. The Kier molecular flexibility index (Phi) is 5.16. The summed E-state index contributed by atoms with van der Waals surface area (Å²) in [6.45, 7) is 4.76. The van der Waals surface area contributed by atoms with Gasteiger partial charge in [0.1, 0.15) is 18.1 Å². The van der Waals surface area contributed by atoms with Gasteiger partial charge in [-0.25, -0.2) is 0 Å². The number of phenolic OH excluding ortho intramolecular Hbond substituents is 1. The average molecular weight is 324 g/mol. The van der Waals surface area contributed by atoms with Crippen LogP contribution in [0, 0.1) is 5.41 Å². The first-order chi connectivity index (χ1) is 11.7. The van der Waals surface area contributed by atoms with Crippen molar-refractivity contribution >= 4 is 6.21 Å². The van der Waals surface area contributed by atoms with E-state index in [1.54, 1.807) is 6.07 Å². The van der Waals surface area contributed by atoms with E-state index in [1.165, 1.54) is 11.8 Å². The molecule has 1 aliphatic rings. The van der Waals surface area contributed by atoms with Gasteiger partial charge in [0.05, 0.1) is 0 Å². The maximum Gasteiger partial charge on any atom is 0.128 e. The number of fused-ring (bicyclic) bond motifs is 1. The first-order valence-electron chi connectivity index (χ1n) is 8.48. The SMILES string of the molecule is CCCN(Cc1ccccc1)[C@@H]1COc2cc(O)c(C=N)cc2C1. The van der Waals surface area contributed by atoms with Crippen molar-refractivity contribution in [1.82, 2.24) is 4.90 Å². The van der Waals surface area contributed by atoms with Crippen molar-refractivity contribution in [1.29, 1.82) is 5.41 Å². The van der Waals surface area contributed by atoms with E-state index in [1.807, 2.05) is 12.1 Å². The molecule has 0 aliphatic carbocycles. The number of rotatable bonds is 6. The molecule has 2 N–H and O–H groups in total. The molecule has 0 radical (unpaired) electrons. The summed E-state index contributed by atoms with van der Waals surface area (Å²) >= 11 is 0. The minimum Gasteiger partial charge on any atom is -0.507 e. The normalized spacial score (nSPS) is 16.5. The van der Waals surface area contributed by atoms with Gasteiger partial charge in [-0.2, -0.15) is 0 Å². The van der Waals surface area contributed by atoms with E-state index in [9.17, 15) is 5.11 Å². The van der Waals surface area contributed by atoms with E-state index in [4.69, 9.17) is 10.1 Å². The summed E-state index contributed by atoms with van der Waals surface area (Å²) in [7, 11) is 0. The third-order valence-corrected chi connectivity index (χ3v) is 4.51. The zero-order chi connectivity index (χ0) is 16.9. The first kappa shape index (κ1) is 16.5. The predicted octanol–water partition coefficient (Wildman–Crippen LogP) is 3.61. The third-order valence-electron chi connectivity index (χ3n) is 4.51. The second kappa shape index (κ2) is 7.49. The fourth-order valence-electron chi connectivity index (χ4n) is 3.27. The van der Waals surface area contributed by atoms with Crippen LogP contribution in [0.3, 0.4) is 0 Å². The fraction of sp³-hybridized carbons (Fsp3) is 0.350. The van der Waals surface area contributed by atoms with Gasteiger partial charge in [0.25, 0.3) is 0 Å². The maximum atomic E-state index is 9.88. The van der Waals surface area contributed by atoms with E-state index < -0.39 is 0 Å². The van der Waals surface area contributed by atoms with Crippen molar-refractivity contribution in [3.8, 4) is 11.5 Å². The molecular weight excluding hydrogens is 300 g/mol. The Morgan fingerprint density at radius 3 is 2.79 bits per heavy atom. The number of ether oxygens (including phenoxy) is 1. The van der Waals surface area contributed by atoms with Crippen LogP contribution >= 0.6 is 0 Å². The lowest BCUT2D eigenvalue weighted by Crippen LogP contribution is -2.43. The van der Waals surface area contributed by atoms with Crippen molar-refractivity contribution in [2.24, 2.45) is 0 Å². The Morgan fingerprint density at radius 1 is 1.29 bits per heavy atom. The van der Waals surface area contributed by atoms with Crippen LogP contribution in [-0.2, 0) is 13.0 Å². The minimum atomic E-state index is 0.108. The van der Waals surface area contributed by atoms with E-state index in [0.717, 1.165) is 37.2 Å². The molecule has 2 aromatic rings.